The van der Waals surface area contributed by atoms with Crippen LogP contribution in [-0.2, 0) is 6.54 Å². The zero-order valence-corrected chi connectivity index (χ0v) is 13.0. The smallest absolute Gasteiger partial charge is 0.104 e. The average molecular weight is 283 g/mol. The number of aryl methyl sites for hydroxylation is 1. The molecule has 1 aromatic rings. The van der Waals surface area contributed by atoms with E-state index in [0.29, 0.717) is 11.1 Å². The number of aromatic nitrogens is 2. The number of nitrogens with zero attached hydrogens (tertiary/aromatic N) is 3. The van der Waals surface area contributed by atoms with Crippen molar-refractivity contribution in [1.29, 1.82) is 5.26 Å². The molecule has 106 valence electrons. The molecule has 4 nitrogen and oxygen atoms in total. The lowest BCUT2D eigenvalue weighted by atomic mass is 9.95. The average Bonchev–Trinajstić information content (AvgIpc) is 2.65. The van der Waals surface area contributed by atoms with Crippen LogP contribution in [0, 0.1) is 18.3 Å². The molecule has 0 fully saturated rings. The van der Waals surface area contributed by atoms with Crippen molar-refractivity contribution in [3.63, 3.8) is 0 Å². The van der Waals surface area contributed by atoms with Crippen molar-refractivity contribution in [2.75, 3.05) is 0 Å². The van der Waals surface area contributed by atoms with E-state index in [2.05, 4.69) is 30.3 Å². The molecule has 1 aromatic heterocycles. The monoisotopic (exact) mass is 282 g/mol. The number of hydrogen-bond donors (Lipinski definition) is 1. The molecule has 5 heteroatoms. The maximum absolute atomic E-state index is 9.25. The molecule has 0 bridgehead atoms. The molecule has 0 amide bonds. The van der Waals surface area contributed by atoms with E-state index in [0.717, 1.165) is 31.5 Å². The maximum atomic E-state index is 9.25. The number of unbranched alkanes of at least 4 members (excludes halogenated alkanes) is 1. The van der Waals surface area contributed by atoms with Crippen molar-refractivity contribution in [3.05, 3.63) is 16.9 Å². The molecular formula is C14H23ClN4. The Morgan fingerprint density at radius 2 is 2.21 bits per heavy atom. The minimum absolute atomic E-state index is 0.316. The second-order valence-electron chi connectivity index (χ2n) is 5.50. The lowest BCUT2D eigenvalue weighted by Crippen LogP contribution is -2.44. The first-order chi connectivity index (χ1) is 8.88. The predicted octanol–water partition coefficient (Wildman–Crippen LogP) is 3.30. The zero-order valence-electron chi connectivity index (χ0n) is 12.2. The minimum atomic E-state index is -0.440. The molecule has 0 saturated carbocycles. The van der Waals surface area contributed by atoms with Crippen LogP contribution in [0.3, 0.4) is 0 Å². The van der Waals surface area contributed by atoms with Gasteiger partial charge in [0.1, 0.15) is 5.54 Å². The summed E-state index contributed by atoms with van der Waals surface area (Å²) in [5.41, 5.74) is 0.565. The van der Waals surface area contributed by atoms with E-state index in [1.54, 1.807) is 6.20 Å². The summed E-state index contributed by atoms with van der Waals surface area (Å²) >= 11 is 5.96. The molecule has 0 saturated heterocycles. The van der Waals surface area contributed by atoms with Crippen LogP contribution in [0.5, 0.6) is 0 Å². The molecule has 0 aliphatic heterocycles. The van der Waals surface area contributed by atoms with Crippen LogP contribution in [0.25, 0.3) is 0 Å². The number of rotatable bonds is 7. The third-order valence-corrected chi connectivity index (χ3v) is 3.57. The molecule has 0 spiro atoms. The van der Waals surface area contributed by atoms with Crippen LogP contribution in [-0.4, -0.2) is 21.4 Å². The summed E-state index contributed by atoms with van der Waals surface area (Å²) in [4.78, 5) is 0. The van der Waals surface area contributed by atoms with Crippen LogP contribution in [0.15, 0.2) is 6.20 Å². The molecule has 1 atom stereocenters. The van der Waals surface area contributed by atoms with Gasteiger partial charge >= 0.3 is 0 Å². The number of halogens is 1. The lowest BCUT2D eigenvalue weighted by Gasteiger charge is -2.25. The Hall–Kier alpha value is -1.05. The van der Waals surface area contributed by atoms with Crippen molar-refractivity contribution >= 4 is 11.6 Å². The Balaban J connectivity index is 2.38. The van der Waals surface area contributed by atoms with Gasteiger partial charge in [0, 0.05) is 12.6 Å². The summed E-state index contributed by atoms with van der Waals surface area (Å²) < 4.78 is 1.92. The molecule has 1 rings (SSSR count). The Labute approximate surface area is 120 Å². The van der Waals surface area contributed by atoms with Gasteiger partial charge in [0.2, 0.25) is 0 Å². The third-order valence-electron chi connectivity index (χ3n) is 3.19. The molecule has 0 aromatic carbocycles. The van der Waals surface area contributed by atoms with Gasteiger partial charge in [0.15, 0.2) is 0 Å². The fourth-order valence-electron chi connectivity index (χ4n) is 2.19. The van der Waals surface area contributed by atoms with Crippen molar-refractivity contribution in [3.8, 4) is 6.07 Å². The predicted molar refractivity (Wildman–Crippen MR) is 78.1 cm³/mol. The van der Waals surface area contributed by atoms with Gasteiger partial charge in [-0.25, -0.2) is 0 Å². The molecule has 0 aliphatic carbocycles. The number of nitrogens with one attached hydrogen (secondary N) is 1. The van der Waals surface area contributed by atoms with Gasteiger partial charge in [-0.15, -0.1) is 0 Å². The normalized spacial score (nSPS) is 14.4. The first-order valence-corrected chi connectivity index (χ1v) is 7.12. The second-order valence-corrected chi connectivity index (χ2v) is 5.91. The fourth-order valence-corrected chi connectivity index (χ4v) is 2.33. The van der Waals surface area contributed by atoms with E-state index >= 15 is 0 Å². The van der Waals surface area contributed by atoms with Crippen molar-refractivity contribution in [2.45, 2.75) is 65.1 Å². The van der Waals surface area contributed by atoms with E-state index in [9.17, 15) is 5.26 Å². The maximum Gasteiger partial charge on any atom is 0.104 e. The highest BCUT2D eigenvalue weighted by Crippen LogP contribution is 2.17. The Kier molecular flexibility index (Phi) is 5.84. The van der Waals surface area contributed by atoms with Crippen LogP contribution >= 0.6 is 11.6 Å². The van der Waals surface area contributed by atoms with Gasteiger partial charge in [-0.2, -0.15) is 10.4 Å². The molecule has 0 radical (unpaired) electrons. The molecule has 1 heterocycles. The van der Waals surface area contributed by atoms with Crippen LogP contribution in [0.4, 0.5) is 0 Å². The van der Waals surface area contributed by atoms with Crippen LogP contribution in [0.2, 0.25) is 5.02 Å². The molecule has 19 heavy (non-hydrogen) atoms. The van der Waals surface area contributed by atoms with Gasteiger partial charge in [-0.3, -0.25) is 10.00 Å². The van der Waals surface area contributed by atoms with Crippen molar-refractivity contribution in [1.82, 2.24) is 15.1 Å². The van der Waals surface area contributed by atoms with Gasteiger partial charge in [0.25, 0.3) is 0 Å². The highest BCUT2D eigenvalue weighted by atomic mass is 35.5. The quantitative estimate of drug-likeness (QED) is 0.781. The van der Waals surface area contributed by atoms with Gasteiger partial charge in [-0.1, -0.05) is 11.6 Å². The molecule has 1 N–H and O–H groups in total. The Bertz CT molecular complexity index is 447. The Morgan fingerprint density at radius 3 is 2.68 bits per heavy atom. The molecule has 0 aliphatic rings. The summed E-state index contributed by atoms with van der Waals surface area (Å²) in [6.07, 6.45) is 4.50. The topological polar surface area (TPSA) is 53.6 Å². The van der Waals surface area contributed by atoms with Crippen LogP contribution in [0.1, 0.15) is 45.7 Å². The summed E-state index contributed by atoms with van der Waals surface area (Å²) in [6.45, 7) is 8.90. The van der Waals surface area contributed by atoms with E-state index in [-0.39, 0.29) is 0 Å². The van der Waals surface area contributed by atoms with E-state index in [1.165, 1.54) is 0 Å². The van der Waals surface area contributed by atoms with E-state index in [4.69, 9.17) is 11.6 Å². The fraction of sp³-hybridized carbons (Fsp3) is 0.714. The summed E-state index contributed by atoms with van der Waals surface area (Å²) in [5, 5.41) is 17.5. The van der Waals surface area contributed by atoms with Crippen molar-refractivity contribution in [2.24, 2.45) is 0 Å². The lowest BCUT2D eigenvalue weighted by molar-refractivity contribution is 0.363. The molecular weight excluding hydrogens is 260 g/mol. The number of hydrogen-bond acceptors (Lipinski definition) is 3. The highest BCUT2D eigenvalue weighted by molar-refractivity contribution is 6.31. The standard InChI is InChI=1S/C14H23ClN4/c1-11(2)18-14(4,10-16)7-5-6-8-19-12(3)13(15)9-17-19/h9,11,18H,5-8H2,1-4H3. The van der Waals surface area contributed by atoms with Gasteiger partial charge in [-0.05, 0) is 47.0 Å². The third kappa shape index (κ3) is 4.85. The van der Waals surface area contributed by atoms with Gasteiger partial charge < -0.3 is 0 Å². The zero-order chi connectivity index (χ0) is 14.5. The number of nitriles is 1. The second kappa shape index (κ2) is 6.93. The summed E-state index contributed by atoms with van der Waals surface area (Å²) in [6, 6.07) is 2.69. The van der Waals surface area contributed by atoms with Gasteiger partial charge in [0.05, 0.1) is 23.0 Å². The highest BCUT2D eigenvalue weighted by Gasteiger charge is 2.23. The molecule has 1 unspecified atom stereocenters. The Morgan fingerprint density at radius 1 is 1.53 bits per heavy atom. The SMILES string of the molecule is Cc1c(Cl)cnn1CCCCC(C)(C#N)NC(C)C. The van der Waals surface area contributed by atoms with Crippen molar-refractivity contribution < 1.29 is 0 Å². The van der Waals surface area contributed by atoms with E-state index < -0.39 is 5.54 Å². The minimum Gasteiger partial charge on any atom is -0.297 e. The first kappa shape index (κ1) is 16.0. The largest absolute Gasteiger partial charge is 0.297 e. The van der Waals surface area contributed by atoms with E-state index in [1.807, 2.05) is 18.5 Å². The summed E-state index contributed by atoms with van der Waals surface area (Å²) in [7, 11) is 0. The first-order valence-electron chi connectivity index (χ1n) is 6.75. The summed E-state index contributed by atoms with van der Waals surface area (Å²) in [5.74, 6) is 0. The van der Waals surface area contributed by atoms with Crippen LogP contribution < -0.4 is 5.32 Å².